The molecule has 7 nitrogen and oxygen atoms in total. The van der Waals surface area contributed by atoms with E-state index in [9.17, 15) is 14.4 Å². The minimum Gasteiger partial charge on any atom is -0.481 e. The number of carbonyl (C=O) groups is 3. The molecule has 1 atom stereocenters. The molecule has 2 amide bonds. The van der Waals surface area contributed by atoms with Gasteiger partial charge in [0.05, 0.1) is 6.42 Å². The van der Waals surface area contributed by atoms with Gasteiger partial charge in [-0.3, -0.25) is 9.59 Å². The van der Waals surface area contributed by atoms with E-state index in [-0.39, 0.29) is 43.9 Å². The molecule has 31 heavy (non-hydrogen) atoms. The van der Waals surface area contributed by atoms with Crippen LogP contribution in [0.2, 0.25) is 0 Å². The van der Waals surface area contributed by atoms with Crippen molar-refractivity contribution in [2.24, 2.45) is 0 Å². The number of amides is 2. The number of benzene rings is 2. The van der Waals surface area contributed by atoms with Crippen molar-refractivity contribution in [2.75, 3.05) is 13.2 Å². The van der Waals surface area contributed by atoms with E-state index in [0.717, 1.165) is 0 Å². The van der Waals surface area contributed by atoms with Gasteiger partial charge in [0.25, 0.3) is 0 Å². The molecule has 0 heterocycles. The monoisotopic (exact) mass is 424 g/mol. The Morgan fingerprint density at radius 1 is 1.00 bits per heavy atom. The molecule has 164 valence electrons. The van der Waals surface area contributed by atoms with E-state index in [1.807, 2.05) is 31.2 Å². The third-order valence-corrected chi connectivity index (χ3v) is 5.41. The van der Waals surface area contributed by atoms with Crippen molar-refractivity contribution in [3.8, 4) is 11.1 Å². The first-order chi connectivity index (χ1) is 15.0. The van der Waals surface area contributed by atoms with Gasteiger partial charge in [-0.2, -0.15) is 0 Å². The summed E-state index contributed by atoms with van der Waals surface area (Å²) in [5, 5.41) is 13.9. The number of carbonyl (C=O) groups excluding carboxylic acids is 2. The van der Waals surface area contributed by atoms with Gasteiger partial charge in [0.2, 0.25) is 5.91 Å². The van der Waals surface area contributed by atoms with Gasteiger partial charge in [-0.15, -0.1) is 0 Å². The number of carboxylic acid groups (broad SMARTS) is 1. The average Bonchev–Trinajstić information content (AvgIpc) is 3.06. The molecule has 0 aliphatic heterocycles. The molecule has 7 heteroatoms. The molecule has 0 saturated carbocycles. The van der Waals surface area contributed by atoms with Crippen LogP contribution in [0.25, 0.3) is 11.1 Å². The van der Waals surface area contributed by atoms with E-state index < -0.39 is 12.1 Å². The molecule has 2 aromatic rings. The highest BCUT2D eigenvalue weighted by molar-refractivity contribution is 5.79. The number of ether oxygens (including phenoxy) is 1. The fraction of sp³-hybridized carbons (Fsp3) is 0.375. The highest BCUT2D eigenvalue weighted by Crippen LogP contribution is 2.44. The topological polar surface area (TPSA) is 105 Å². The largest absolute Gasteiger partial charge is 0.481 e. The molecule has 2 aromatic carbocycles. The van der Waals surface area contributed by atoms with Crippen LogP contribution in [0.1, 0.15) is 49.7 Å². The standard InChI is InChI=1S/C24H28N2O5/c1-16(7-6-12-22(27)25-14-13-23(28)29)26-24(30)31-15-21-19-10-4-2-8-17(19)18-9-3-5-11-20(18)21/h2-5,8-11,16,21H,6-7,12-15H2,1H3,(H,25,27)(H,26,30)(H,28,29). The lowest BCUT2D eigenvalue weighted by Gasteiger charge is -2.17. The van der Waals surface area contributed by atoms with E-state index in [1.54, 1.807) is 0 Å². The highest BCUT2D eigenvalue weighted by Gasteiger charge is 2.29. The quantitative estimate of drug-likeness (QED) is 0.540. The molecule has 3 N–H and O–H groups in total. The number of hydrogen-bond acceptors (Lipinski definition) is 4. The zero-order valence-electron chi connectivity index (χ0n) is 17.6. The fourth-order valence-corrected chi connectivity index (χ4v) is 3.88. The first-order valence-corrected chi connectivity index (χ1v) is 10.6. The van der Waals surface area contributed by atoms with Gasteiger partial charge in [-0.05, 0) is 42.0 Å². The van der Waals surface area contributed by atoms with Crippen LogP contribution in [-0.2, 0) is 14.3 Å². The molecular weight excluding hydrogens is 396 g/mol. The van der Waals surface area contributed by atoms with Crippen molar-refractivity contribution in [3.05, 3.63) is 59.7 Å². The summed E-state index contributed by atoms with van der Waals surface area (Å²) in [5.74, 6) is -1.11. The van der Waals surface area contributed by atoms with Crippen molar-refractivity contribution in [3.63, 3.8) is 0 Å². The van der Waals surface area contributed by atoms with Crippen LogP contribution in [-0.4, -0.2) is 42.3 Å². The lowest BCUT2D eigenvalue weighted by molar-refractivity contribution is -0.136. The molecule has 0 spiro atoms. The molecule has 0 bridgehead atoms. The van der Waals surface area contributed by atoms with Crippen LogP contribution in [0.3, 0.4) is 0 Å². The Bertz CT molecular complexity index is 898. The van der Waals surface area contributed by atoms with Crippen LogP contribution in [0, 0.1) is 0 Å². The Kier molecular flexibility index (Phi) is 7.65. The van der Waals surface area contributed by atoms with Gasteiger partial charge in [-0.1, -0.05) is 48.5 Å². The summed E-state index contributed by atoms with van der Waals surface area (Å²) in [6.07, 6.45) is 0.933. The summed E-state index contributed by atoms with van der Waals surface area (Å²) >= 11 is 0. The normalized spacial score (nSPS) is 13.1. The average molecular weight is 424 g/mol. The first kappa shape index (κ1) is 22.3. The molecule has 1 aliphatic rings. The molecular formula is C24H28N2O5. The van der Waals surface area contributed by atoms with Crippen LogP contribution < -0.4 is 10.6 Å². The van der Waals surface area contributed by atoms with Gasteiger partial charge >= 0.3 is 12.1 Å². The summed E-state index contributed by atoms with van der Waals surface area (Å²) in [6, 6.07) is 16.2. The lowest BCUT2D eigenvalue weighted by Crippen LogP contribution is -2.34. The molecule has 1 aliphatic carbocycles. The summed E-state index contributed by atoms with van der Waals surface area (Å²) in [5.41, 5.74) is 4.70. The second kappa shape index (κ2) is 10.6. The van der Waals surface area contributed by atoms with Gasteiger partial charge in [0, 0.05) is 24.9 Å². The van der Waals surface area contributed by atoms with Crippen molar-refractivity contribution < 1.29 is 24.2 Å². The van der Waals surface area contributed by atoms with Crippen molar-refractivity contribution in [1.29, 1.82) is 0 Å². The Balaban J connectivity index is 1.41. The summed E-state index contributed by atoms with van der Waals surface area (Å²) < 4.78 is 5.53. The number of aliphatic carboxylic acids is 1. The van der Waals surface area contributed by atoms with E-state index in [1.165, 1.54) is 22.3 Å². The number of nitrogens with one attached hydrogen (secondary N) is 2. The Hall–Kier alpha value is -3.35. The maximum Gasteiger partial charge on any atom is 0.407 e. The fourth-order valence-electron chi connectivity index (χ4n) is 3.88. The Morgan fingerprint density at radius 2 is 1.61 bits per heavy atom. The molecule has 0 radical (unpaired) electrons. The molecule has 0 saturated heterocycles. The number of rotatable bonds is 10. The SMILES string of the molecule is CC(CCCC(=O)NCCC(=O)O)NC(=O)OCC1c2ccccc2-c2ccccc21. The summed E-state index contributed by atoms with van der Waals surface area (Å²) in [6.45, 7) is 2.25. The number of carboxylic acids is 1. The smallest absolute Gasteiger partial charge is 0.407 e. The van der Waals surface area contributed by atoms with Gasteiger partial charge in [0.1, 0.15) is 6.61 Å². The van der Waals surface area contributed by atoms with E-state index in [2.05, 4.69) is 34.9 Å². The van der Waals surface area contributed by atoms with Crippen LogP contribution in [0.4, 0.5) is 4.79 Å². The maximum absolute atomic E-state index is 12.3. The Labute approximate surface area is 181 Å². The summed E-state index contributed by atoms with van der Waals surface area (Å²) in [7, 11) is 0. The zero-order chi connectivity index (χ0) is 22.2. The molecule has 0 aromatic heterocycles. The molecule has 0 fully saturated rings. The minimum atomic E-state index is -0.943. The zero-order valence-corrected chi connectivity index (χ0v) is 17.6. The second-order valence-corrected chi connectivity index (χ2v) is 7.76. The highest BCUT2D eigenvalue weighted by atomic mass is 16.5. The van der Waals surface area contributed by atoms with Gasteiger partial charge in [-0.25, -0.2) is 4.79 Å². The van der Waals surface area contributed by atoms with Crippen LogP contribution in [0.15, 0.2) is 48.5 Å². The van der Waals surface area contributed by atoms with Crippen LogP contribution in [0.5, 0.6) is 0 Å². The van der Waals surface area contributed by atoms with Crippen molar-refractivity contribution in [1.82, 2.24) is 10.6 Å². The van der Waals surface area contributed by atoms with Gasteiger partial charge in [0.15, 0.2) is 0 Å². The Morgan fingerprint density at radius 3 is 2.23 bits per heavy atom. The van der Waals surface area contributed by atoms with Crippen LogP contribution >= 0.6 is 0 Å². The summed E-state index contributed by atoms with van der Waals surface area (Å²) in [4.78, 5) is 34.4. The van der Waals surface area contributed by atoms with Crippen molar-refractivity contribution in [2.45, 2.75) is 44.6 Å². The van der Waals surface area contributed by atoms with E-state index in [4.69, 9.17) is 9.84 Å². The second-order valence-electron chi connectivity index (χ2n) is 7.76. The number of fused-ring (bicyclic) bond motifs is 3. The predicted octanol–water partition coefficient (Wildman–Crippen LogP) is 3.67. The third kappa shape index (κ3) is 6.07. The number of alkyl carbamates (subject to hydrolysis) is 1. The number of hydrogen-bond donors (Lipinski definition) is 3. The van der Waals surface area contributed by atoms with E-state index in [0.29, 0.717) is 12.8 Å². The minimum absolute atomic E-state index is 0.0166. The van der Waals surface area contributed by atoms with E-state index >= 15 is 0 Å². The maximum atomic E-state index is 12.3. The molecule has 1 unspecified atom stereocenters. The van der Waals surface area contributed by atoms with Crippen molar-refractivity contribution >= 4 is 18.0 Å². The van der Waals surface area contributed by atoms with Gasteiger partial charge < -0.3 is 20.5 Å². The lowest BCUT2D eigenvalue weighted by atomic mass is 9.98. The third-order valence-electron chi connectivity index (χ3n) is 5.41. The molecule has 3 rings (SSSR count). The first-order valence-electron chi connectivity index (χ1n) is 10.6. The predicted molar refractivity (Wildman–Crippen MR) is 117 cm³/mol.